The Morgan fingerprint density at radius 2 is 2.11 bits per heavy atom. The molecule has 2 aromatic carbocycles. The molecule has 142 valence electrons. The van der Waals surface area contributed by atoms with Crippen LogP contribution in [0.4, 0.5) is 0 Å². The molecule has 3 aromatic rings. The highest BCUT2D eigenvalue weighted by molar-refractivity contribution is 9.10. The highest BCUT2D eigenvalue weighted by atomic mass is 79.9. The van der Waals surface area contributed by atoms with E-state index in [1.165, 1.54) is 6.07 Å². The predicted octanol–water partition coefficient (Wildman–Crippen LogP) is 2.75. The number of aliphatic hydroxyl groups is 1. The molecule has 0 saturated carbocycles. The van der Waals surface area contributed by atoms with E-state index < -0.39 is 16.1 Å². The number of sulfonamides is 1. The monoisotopic (exact) mass is 450 g/mol. The van der Waals surface area contributed by atoms with Gasteiger partial charge >= 0.3 is 0 Å². The second kappa shape index (κ2) is 7.27. The number of ether oxygens (including phenoxy) is 1. The Morgan fingerprint density at radius 3 is 2.93 bits per heavy atom. The number of nitrogens with one attached hydrogen (secondary N) is 2. The summed E-state index contributed by atoms with van der Waals surface area (Å²) in [5.41, 5.74) is 2.79. The maximum atomic E-state index is 13.0. The molecule has 0 unspecified atom stereocenters. The average Bonchev–Trinajstić information content (AvgIpc) is 3.27. The quantitative estimate of drug-likeness (QED) is 0.538. The second-order valence-electron chi connectivity index (χ2n) is 6.56. The molecule has 1 aliphatic heterocycles. The molecule has 27 heavy (non-hydrogen) atoms. The Morgan fingerprint density at radius 1 is 1.30 bits per heavy atom. The number of H-pyrrole nitrogens is 1. The molecule has 0 amide bonds. The lowest BCUT2D eigenvalue weighted by atomic mass is 10.1. The molecule has 1 aromatic heterocycles. The first-order chi connectivity index (χ1) is 13.0. The van der Waals surface area contributed by atoms with Gasteiger partial charge in [0.05, 0.1) is 13.2 Å². The number of aliphatic hydroxyl groups excluding tert-OH is 1. The van der Waals surface area contributed by atoms with Crippen LogP contribution in [0.1, 0.15) is 11.1 Å². The Hall–Kier alpha value is -1.87. The van der Waals surface area contributed by atoms with E-state index in [4.69, 9.17) is 4.74 Å². The van der Waals surface area contributed by atoms with Crippen LogP contribution in [-0.4, -0.2) is 37.8 Å². The van der Waals surface area contributed by atoms with Gasteiger partial charge in [-0.2, -0.15) is 0 Å². The van der Waals surface area contributed by atoms with Crippen LogP contribution in [0.2, 0.25) is 0 Å². The third kappa shape index (κ3) is 3.62. The van der Waals surface area contributed by atoms with Crippen molar-refractivity contribution in [2.24, 2.45) is 0 Å². The molecule has 3 N–H and O–H groups in total. The largest absolute Gasteiger partial charge is 0.492 e. The average molecular weight is 451 g/mol. The summed E-state index contributed by atoms with van der Waals surface area (Å²) in [5, 5.41) is 10.8. The number of hydrogen-bond acceptors (Lipinski definition) is 4. The van der Waals surface area contributed by atoms with Crippen LogP contribution in [-0.2, 0) is 22.9 Å². The molecule has 0 bridgehead atoms. The SMILES string of the molecule is O=S(=O)(N[C@@H](CO)Cc1c[nH]c2ccccc12)c1cc(Br)cc2c1OCC2. The summed E-state index contributed by atoms with van der Waals surface area (Å²) >= 11 is 3.37. The first-order valence-corrected chi connectivity index (χ1v) is 10.9. The lowest BCUT2D eigenvalue weighted by Crippen LogP contribution is -2.39. The molecule has 4 rings (SSSR count). The molecule has 1 atom stereocenters. The van der Waals surface area contributed by atoms with Crippen molar-refractivity contribution in [3.8, 4) is 5.75 Å². The second-order valence-corrected chi connectivity index (χ2v) is 9.15. The van der Waals surface area contributed by atoms with Crippen molar-refractivity contribution in [1.29, 1.82) is 0 Å². The topological polar surface area (TPSA) is 91.4 Å². The number of aromatic amines is 1. The van der Waals surface area contributed by atoms with Crippen LogP contribution in [0.25, 0.3) is 10.9 Å². The minimum atomic E-state index is -3.85. The number of para-hydroxylation sites is 1. The summed E-state index contributed by atoms with van der Waals surface area (Å²) in [7, 11) is -3.85. The fourth-order valence-electron chi connectivity index (χ4n) is 3.43. The predicted molar refractivity (Wildman–Crippen MR) is 107 cm³/mol. The Balaban J connectivity index is 1.61. The van der Waals surface area contributed by atoms with Crippen molar-refractivity contribution in [3.05, 3.63) is 58.2 Å². The zero-order chi connectivity index (χ0) is 19.0. The Bertz CT molecular complexity index is 1090. The van der Waals surface area contributed by atoms with Gasteiger partial charge in [-0.15, -0.1) is 0 Å². The van der Waals surface area contributed by atoms with Gasteiger partial charge in [0.2, 0.25) is 10.0 Å². The first kappa shape index (κ1) is 18.5. The van der Waals surface area contributed by atoms with Gasteiger partial charge in [-0.3, -0.25) is 0 Å². The zero-order valence-corrected chi connectivity index (χ0v) is 16.8. The molecular formula is C19H19BrN2O4S. The minimum Gasteiger partial charge on any atom is -0.492 e. The molecule has 0 radical (unpaired) electrons. The van der Waals surface area contributed by atoms with Crippen LogP contribution < -0.4 is 9.46 Å². The van der Waals surface area contributed by atoms with Gasteiger partial charge < -0.3 is 14.8 Å². The molecule has 0 fully saturated rings. The third-order valence-electron chi connectivity index (χ3n) is 4.69. The number of benzene rings is 2. The third-order valence-corrected chi connectivity index (χ3v) is 6.67. The highest BCUT2D eigenvalue weighted by Gasteiger charge is 2.28. The van der Waals surface area contributed by atoms with Crippen molar-refractivity contribution >= 4 is 36.9 Å². The standard InChI is InChI=1S/C19H19BrN2O4S/c20-14-7-12-5-6-26-19(12)18(9-14)27(24,25)22-15(11-23)8-13-10-21-17-4-2-1-3-16(13)17/h1-4,7,9-10,15,21-23H,5-6,8,11H2/t15-/m1/s1. The Kier molecular flexibility index (Phi) is 4.98. The summed E-state index contributed by atoms with van der Waals surface area (Å²) in [6, 6.07) is 10.6. The molecule has 0 saturated heterocycles. The number of fused-ring (bicyclic) bond motifs is 2. The lowest BCUT2D eigenvalue weighted by molar-refractivity contribution is 0.256. The van der Waals surface area contributed by atoms with Gasteiger partial charge in [0.15, 0.2) is 0 Å². The van der Waals surface area contributed by atoms with Crippen molar-refractivity contribution < 1.29 is 18.3 Å². The summed E-state index contributed by atoms with van der Waals surface area (Å²) in [6.07, 6.45) is 2.90. The number of rotatable bonds is 6. The van der Waals surface area contributed by atoms with Crippen molar-refractivity contribution in [3.63, 3.8) is 0 Å². The summed E-state index contributed by atoms with van der Waals surface area (Å²) in [6.45, 7) is 0.156. The molecular weight excluding hydrogens is 432 g/mol. The molecule has 8 heteroatoms. The number of hydrogen-bond donors (Lipinski definition) is 3. The van der Waals surface area contributed by atoms with E-state index in [2.05, 4.69) is 25.6 Å². The fraction of sp³-hybridized carbons (Fsp3) is 0.263. The van der Waals surface area contributed by atoms with Gasteiger partial charge in [-0.1, -0.05) is 34.1 Å². The van der Waals surface area contributed by atoms with Gasteiger partial charge in [0.1, 0.15) is 10.6 Å². The van der Waals surface area contributed by atoms with E-state index in [1.54, 1.807) is 0 Å². The molecule has 0 aliphatic carbocycles. The van der Waals surface area contributed by atoms with Gasteiger partial charge in [0.25, 0.3) is 0 Å². The highest BCUT2D eigenvalue weighted by Crippen LogP contribution is 2.36. The minimum absolute atomic E-state index is 0.0988. The molecule has 0 spiro atoms. The maximum absolute atomic E-state index is 13.0. The zero-order valence-electron chi connectivity index (χ0n) is 14.4. The summed E-state index contributed by atoms with van der Waals surface area (Å²) < 4.78 is 34.8. The van der Waals surface area contributed by atoms with E-state index in [1.807, 2.05) is 36.5 Å². The van der Waals surface area contributed by atoms with Crippen LogP contribution in [0, 0.1) is 0 Å². The van der Waals surface area contributed by atoms with Crippen LogP contribution >= 0.6 is 15.9 Å². The van der Waals surface area contributed by atoms with E-state index in [0.717, 1.165) is 22.0 Å². The van der Waals surface area contributed by atoms with Gasteiger partial charge in [-0.05, 0) is 30.2 Å². The van der Waals surface area contributed by atoms with Crippen molar-refractivity contribution in [1.82, 2.24) is 9.71 Å². The van der Waals surface area contributed by atoms with Crippen LogP contribution in [0.3, 0.4) is 0 Å². The normalized spacial score (nSPS) is 14.9. The lowest BCUT2D eigenvalue weighted by Gasteiger charge is -2.18. The Labute approximate surface area is 165 Å². The van der Waals surface area contributed by atoms with Gasteiger partial charge in [-0.25, -0.2) is 13.1 Å². The van der Waals surface area contributed by atoms with Crippen LogP contribution in [0.5, 0.6) is 5.75 Å². The first-order valence-electron chi connectivity index (χ1n) is 8.61. The number of aromatic nitrogens is 1. The molecule has 1 aliphatic rings. The van der Waals surface area contributed by atoms with E-state index >= 15 is 0 Å². The van der Waals surface area contributed by atoms with E-state index in [0.29, 0.717) is 29.7 Å². The number of halogens is 1. The van der Waals surface area contributed by atoms with Crippen LogP contribution in [0.15, 0.2) is 52.0 Å². The smallest absolute Gasteiger partial charge is 0.244 e. The molecule has 2 heterocycles. The summed E-state index contributed by atoms with van der Waals surface area (Å²) in [4.78, 5) is 3.27. The maximum Gasteiger partial charge on any atom is 0.244 e. The van der Waals surface area contributed by atoms with Gasteiger partial charge in [0, 0.05) is 39.6 Å². The molecule has 6 nitrogen and oxygen atoms in total. The van der Waals surface area contributed by atoms with Crippen molar-refractivity contribution in [2.45, 2.75) is 23.8 Å². The summed E-state index contributed by atoms with van der Waals surface area (Å²) in [5.74, 6) is 0.398. The fourth-order valence-corrected chi connectivity index (χ4v) is 5.52. The van der Waals surface area contributed by atoms with Crippen molar-refractivity contribution in [2.75, 3.05) is 13.2 Å². The van der Waals surface area contributed by atoms with E-state index in [-0.39, 0.29) is 11.5 Å². The van der Waals surface area contributed by atoms with E-state index in [9.17, 15) is 13.5 Å².